The second kappa shape index (κ2) is 8.39. The van der Waals surface area contributed by atoms with Crippen LogP contribution in [-0.4, -0.2) is 29.3 Å². The molecule has 0 radical (unpaired) electrons. The van der Waals surface area contributed by atoms with Crippen molar-refractivity contribution in [3.05, 3.63) is 69.8 Å². The highest BCUT2D eigenvalue weighted by Crippen LogP contribution is 2.22. The Morgan fingerprint density at radius 2 is 2.04 bits per heavy atom. The SMILES string of the molecule is COc1cccc(CCNC(=O)C(C)(C)n2nc(-c3cccs3)ccc2=O)c1. The lowest BCUT2D eigenvalue weighted by molar-refractivity contribution is -0.128. The van der Waals surface area contributed by atoms with Gasteiger partial charge in [-0.25, -0.2) is 4.68 Å². The van der Waals surface area contributed by atoms with Gasteiger partial charge in [-0.15, -0.1) is 11.3 Å². The number of hydrogen-bond donors (Lipinski definition) is 1. The number of thiophene rings is 1. The Balaban J connectivity index is 1.72. The molecule has 1 aromatic carbocycles. The van der Waals surface area contributed by atoms with Gasteiger partial charge < -0.3 is 10.1 Å². The minimum atomic E-state index is -1.11. The van der Waals surface area contributed by atoms with Gasteiger partial charge in [0.05, 0.1) is 12.0 Å². The Morgan fingerprint density at radius 1 is 1.21 bits per heavy atom. The maximum Gasteiger partial charge on any atom is 0.267 e. The van der Waals surface area contributed by atoms with E-state index in [1.165, 1.54) is 22.1 Å². The fourth-order valence-electron chi connectivity index (χ4n) is 2.83. The van der Waals surface area contributed by atoms with Crippen molar-refractivity contribution in [1.82, 2.24) is 15.1 Å². The van der Waals surface area contributed by atoms with Crippen molar-refractivity contribution in [3.63, 3.8) is 0 Å². The van der Waals surface area contributed by atoms with Gasteiger partial charge in [0.1, 0.15) is 17.0 Å². The molecule has 2 aromatic heterocycles. The van der Waals surface area contributed by atoms with E-state index in [1.54, 1.807) is 27.0 Å². The van der Waals surface area contributed by atoms with Crippen LogP contribution in [0.2, 0.25) is 0 Å². The minimum Gasteiger partial charge on any atom is -0.497 e. The minimum absolute atomic E-state index is 0.256. The summed E-state index contributed by atoms with van der Waals surface area (Å²) in [6, 6.07) is 14.7. The van der Waals surface area contributed by atoms with Crippen LogP contribution in [0.3, 0.4) is 0 Å². The van der Waals surface area contributed by atoms with E-state index in [0.717, 1.165) is 16.2 Å². The Morgan fingerprint density at radius 3 is 2.75 bits per heavy atom. The molecule has 0 fully saturated rings. The molecule has 1 amide bonds. The van der Waals surface area contributed by atoms with Gasteiger partial charge in [0.2, 0.25) is 5.91 Å². The van der Waals surface area contributed by atoms with E-state index in [4.69, 9.17) is 4.74 Å². The molecule has 0 atom stereocenters. The number of hydrogen-bond acceptors (Lipinski definition) is 5. The van der Waals surface area contributed by atoms with Gasteiger partial charge in [-0.3, -0.25) is 9.59 Å². The summed E-state index contributed by atoms with van der Waals surface area (Å²) in [7, 11) is 1.62. The van der Waals surface area contributed by atoms with Crippen molar-refractivity contribution in [3.8, 4) is 16.3 Å². The highest BCUT2D eigenvalue weighted by molar-refractivity contribution is 7.13. The number of carbonyl (C=O) groups excluding carboxylic acids is 1. The number of ether oxygens (including phenoxy) is 1. The molecular weight excluding hydrogens is 374 g/mol. The Kier molecular flexibility index (Phi) is 5.94. The number of benzene rings is 1. The van der Waals surface area contributed by atoms with Crippen molar-refractivity contribution in [1.29, 1.82) is 0 Å². The first-order valence-electron chi connectivity index (χ1n) is 8.98. The fourth-order valence-corrected chi connectivity index (χ4v) is 3.52. The van der Waals surface area contributed by atoms with E-state index in [-0.39, 0.29) is 11.5 Å². The van der Waals surface area contributed by atoms with Crippen molar-refractivity contribution in [2.45, 2.75) is 25.8 Å². The number of methoxy groups -OCH3 is 1. The molecule has 0 saturated carbocycles. The smallest absolute Gasteiger partial charge is 0.267 e. The van der Waals surface area contributed by atoms with E-state index in [2.05, 4.69) is 10.4 Å². The standard InChI is InChI=1S/C21H23N3O3S/c1-21(2,20(26)22-12-11-15-6-4-7-16(14-15)27-3)24-19(25)10-9-17(23-24)18-8-5-13-28-18/h4-10,13-14H,11-12H2,1-3H3,(H,22,26). The van der Waals surface area contributed by atoms with Gasteiger partial charge in [-0.05, 0) is 55.5 Å². The maximum atomic E-state index is 12.8. The van der Waals surface area contributed by atoms with Gasteiger partial charge in [-0.1, -0.05) is 18.2 Å². The van der Waals surface area contributed by atoms with Crippen LogP contribution < -0.4 is 15.6 Å². The first kappa shape index (κ1) is 19.8. The Hall–Kier alpha value is -2.93. The summed E-state index contributed by atoms with van der Waals surface area (Å²) < 4.78 is 6.47. The van der Waals surface area contributed by atoms with Gasteiger partial charge in [0.15, 0.2) is 0 Å². The lowest BCUT2D eigenvalue weighted by Crippen LogP contribution is -2.50. The Bertz CT molecular complexity index is 1010. The number of nitrogens with zero attached hydrogens (tertiary/aromatic N) is 2. The predicted molar refractivity (Wildman–Crippen MR) is 111 cm³/mol. The molecule has 6 nitrogen and oxygen atoms in total. The largest absolute Gasteiger partial charge is 0.497 e. The predicted octanol–water partition coefficient (Wildman–Crippen LogP) is 3.07. The number of aromatic nitrogens is 2. The molecule has 0 spiro atoms. The van der Waals surface area contributed by atoms with Gasteiger partial charge >= 0.3 is 0 Å². The Labute approximate surface area is 167 Å². The van der Waals surface area contributed by atoms with Crippen LogP contribution in [0.15, 0.2) is 58.7 Å². The summed E-state index contributed by atoms with van der Waals surface area (Å²) in [4.78, 5) is 26.1. The number of rotatable bonds is 7. The third kappa shape index (κ3) is 4.31. The molecule has 3 aromatic rings. The summed E-state index contributed by atoms with van der Waals surface area (Å²) >= 11 is 1.54. The fraction of sp³-hybridized carbons (Fsp3) is 0.286. The molecule has 0 aliphatic heterocycles. The van der Waals surface area contributed by atoms with E-state index in [0.29, 0.717) is 18.7 Å². The van der Waals surface area contributed by atoms with Crippen LogP contribution in [0.1, 0.15) is 19.4 Å². The third-order valence-corrected chi connectivity index (χ3v) is 5.38. The summed E-state index contributed by atoms with van der Waals surface area (Å²) in [6.07, 6.45) is 0.663. The summed E-state index contributed by atoms with van der Waals surface area (Å²) in [5, 5.41) is 9.29. The van der Waals surface area contributed by atoms with Crippen LogP contribution >= 0.6 is 11.3 Å². The molecule has 3 rings (SSSR count). The van der Waals surface area contributed by atoms with Crippen molar-refractivity contribution < 1.29 is 9.53 Å². The maximum absolute atomic E-state index is 12.8. The average Bonchev–Trinajstić information content (AvgIpc) is 3.23. The lowest BCUT2D eigenvalue weighted by Gasteiger charge is -2.25. The molecule has 0 aliphatic carbocycles. The van der Waals surface area contributed by atoms with Crippen molar-refractivity contribution >= 4 is 17.2 Å². The molecule has 1 N–H and O–H groups in total. The van der Waals surface area contributed by atoms with Crippen LogP contribution in [-0.2, 0) is 16.8 Å². The topological polar surface area (TPSA) is 73.2 Å². The van der Waals surface area contributed by atoms with Crippen LogP contribution in [0, 0.1) is 0 Å². The molecule has 2 heterocycles. The first-order chi connectivity index (χ1) is 13.4. The summed E-state index contributed by atoms with van der Waals surface area (Å²) in [5.41, 5.74) is 0.311. The zero-order valence-electron chi connectivity index (χ0n) is 16.1. The average molecular weight is 398 g/mol. The van der Waals surface area contributed by atoms with Crippen LogP contribution in [0.4, 0.5) is 0 Å². The van der Waals surface area contributed by atoms with Crippen molar-refractivity contribution in [2.24, 2.45) is 0 Å². The first-order valence-corrected chi connectivity index (χ1v) is 9.86. The van der Waals surface area contributed by atoms with E-state index in [9.17, 15) is 9.59 Å². The van der Waals surface area contributed by atoms with Crippen LogP contribution in [0.5, 0.6) is 5.75 Å². The highest BCUT2D eigenvalue weighted by atomic mass is 32.1. The van der Waals surface area contributed by atoms with Crippen LogP contribution in [0.25, 0.3) is 10.6 Å². The van der Waals surface area contributed by atoms with E-state index < -0.39 is 5.54 Å². The molecule has 146 valence electrons. The summed E-state index contributed by atoms with van der Waals surface area (Å²) in [5.74, 6) is 0.527. The summed E-state index contributed by atoms with van der Waals surface area (Å²) in [6.45, 7) is 3.84. The lowest BCUT2D eigenvalue weighted by atomic mass is 10.0. The molecule has 0 unspecified atom stereocenters. The second-order valence-corrected chi connectivity index (χ2v) is 7.81. The number of carbonyl (C=O) groups is 1. The van der Waals surface area contributed by atoms with Crippen molar-refractivity contribution in [2.75, 3.05) is 13.7 Å². The second-order valence-electron chi connectivity index (χ2n) is 6.86. The van der Waals surface area contributed by atoms with Gasteiger partial charge in [0.25, 0.3) is 5.56 Å². The van der Waals surface area contributed by atoms with Gasteiger partial charge in [-0.2, -0.15) is 5.10 Å². The molecule has 0 saturated heterocycles. The number of amides is 1. The zero-order chi connectivity index (χ0) is 20.1. The normalized spacial score (nSPS) is 11.2. The molecule has 0 bridgehead atoms. The molecular formula is C21H23N3O3S. The number of nitrogens with one attached hydrogen (secondary N) is 1. The van der Waals surface area contributed by atoms with E-state index >= 15 is 0 Å². The zero-order valence-corrected chi connectivity index (χ0v) is 17.0. The quantitative estimate of drug-likeness (QED) is 0.665. The molecule has 7 heteroatoms. The monoisotopic (exact) mass is 397 g/mol. The highest BCUT2D eigenvalue weighted by Gasteiger charge is 2.32. The molecule has 28 heavy (non-hydrogen) atoms. The third-order valence-electron chi connectivity index (χ3n) is 4.49. The van der Waals surface area contributed by atoms with Gasteiger partial charge in [0, 0.05) is 12.6 Å². The molecule has 0 aliphatic rings. The van der Waals surface area contributed by atoms with E-state index in [1.807, 2.05) is 41.8 Å².